The number of nitrogens with two attached hydrogens (primary N) is 1. The van der Waals surface area contributed by atoms with Crippen LogP contribution in [-0.2, 0) is 4.79 Å². The third-order valence-corrected chi connectivity index (χ3v) is 2.68. The maximum absolute atomic E-state index is 13.2. The predicted octanol–water partition coefficient (Wildman–Crippen LogP) is 1.10. The molecule has 1 fully saturated rings. The number of halogens is 1. The molecule has 0 bridgehead atoms. The van der Waals surface area contributed by atoms with E-state index < -0.39 is 5.82 Å². The average Bonchev–Trinajstić information content (AvgIpc) is 2.28. The molecule has 0 aromatic heterocycles. The third-order valence-electron chi connectivity index (χ3n) is 2.68. The summed E-state index contributed by atoms with van der Waals surface area (Å²) in [5.41, 5.74) is 6.31. The monoisotopic (exact) mass is 223 g/mol. The fourth-order valence-corrected chi connectivity index (χ4v) is 1.74. The molecule has 4 N–H and O–H groups in total. The van der Waals surface area contributed by atoms with Gasteiger partial charge in [-0.1, -0.05) is 6.07 Å². The van der Waals surface area contributed by atoms with Crippen LogP contribution >= 0.6 is 0 Å². The molecule has 1 saturated heterocycles. The van der Waals surface area contributed by atoms with Gasteiger partial charge < -0.3 is 16.4 Å². The van der Waals surface area contributed by atoms with E-state index >= 15 is 0 Å². The number of nitrogens with one attached hydrogen (secondary N) is 2. The minimum Gasteiger partial charge on any atom is -0.395 e. The Balaban J connectivity index is 2.04. The van der Waals surface area contributed by atoms with E-state index in [1.807, 2.05) is 0 Å². The van der Waals surface area contributed by atoms with Gasteiger partial charge in [0.15, 0.2) is 0 Å². The smallest absolute Gasteiger partial charge is 0.220 e. The van der Waals surface area contributed by atoms with Crippen molar-refractivity contribution in [2.24, 2.45) is 0 Å². The minimum absolute atomic E-state index is 0.0604. The fraction of sp³-hybridized carbons (Fsp3) is 0.364. The van der Waals surface area contributed by atoms with Gasteiger partial charge in [0.05, 0.1) is 11.4 Å². The maximum Gasteiger partial charge on any atom is 0.220 e. The highest BCUT2D eigenvalue weighted by atomic mass is 19.1. The molecule has 1 heterocycles. The van der Waals surface area contributed by atoms with Crippen molar-refractivity contribution < 1.29 is 9.18 Å². The van der Waals surface area contributed by atoms with Gasteiger partial charge in [-0.15, -0.1) is 0 Å². The highest BCUT2D eigenvalue weighted by Crippen LogP contribution is 2.23. The van der Waals surface area contributed by atoms with Crippen LogP contribution in [0.15, 0.2) is 18.2 Å². The number of carbonyl (C=O) groups excluding carboxylic acids is 1. The Morgan fingerprint density at radius 1 is 1.50 bits per heavy atom. The van der Waals surface area contributed by atoms with E-state index in [-0.39, 0.29) is 17.6 Å². The molecule has 1 aromatic rings. The number of benzene rings is 1. The zero-order chi connectivity index (χ0) is 11.5. The summed E-state index contributed by atoms with van der Waals surface area (Å²) < 4.78 is 13.2. The molecule has 1 atom stereocenters. The highest BCUT2D eigenvalue weighted by molar-refractivity contribution is 5.77. The summed E-state index contributed by atoms with van der Waals surface area (Å²) in [6.07, 6.45) is 1.23. The summed E-state index contributed by atoms with van der Waals surface area (Å²) in [5, 5.41) is 5.88. The lowest BCUT2D eigenvalue weighted by molar-refractivity contribution is -0.122. The molecule has 5 heteroatoms. The van der Waals surface area contributed by atoms with E-state index in [2.05, 4.69) is 10.6 Å². The lowest BCUT2D eigenvalue weighted by atomic mass is 10.1. The van der Waals surface area contributed by atoms with Gasteiger partial charge in [-0.05, 0) is 18.6 Å². The number of hydrogen-bond acceptors (Lipinski definition) is 3. The second-order valence-electron chi connectivity index (χ2n) is 3.89. The Hall–Kier alpha value is -1.78. The molecular formula is C11H14FN3O. The van der Waals surface area contributed by atoms with Gasteiger partial charge in [-0.2, -0.15) is 0 Å². The van der Waals surface area contributed by atoms with Gasteiger partial charge in [0.1, 0.15) is 5.82 Å². The van der Waals surface area contributed by atoms with E-state index in [9.17, 15) is 9.18 Å². The Morgan fingerprint density at radius 2 is 2.31 bits per heavy atom. The molecule has 0 aliphatic carbocycles. The molecule has 1 unspecified atom stereocenters. The van der Waals surface area contributed by atoms with Crippen molar-refractivity contribution in [3.63, 3.8) is 0 Å². The quantitative estimate of drug-likeness (QED) is 0.658. The second kappa shape index (κ2) is 4.38. The van der Waals surface area contributed by atoms with E-state index in [4.69, 9.17) is 5.73 Å². The highest BCUT2D eigenvalue weighted by Gasteiger charge is 2.18. The molecular weight excluding hydrogens is 209 g/mol. The summed E-state index contributed by atoms with van der Waals surface area (Å²) >= 11 is 0. The van der Waals surface area contributed by atoms with Gasteiger partial charge >= 0.3 is 0 Å². The first kappa shape index (κ1) is 10.7. The molecule has 1 aliphatic rings. The van der Waals surface area contributed by atoms with E-state index in [1.54, 1.807) is 12.1 Å². The Bertz CT molecular complexity index is 398. The van der Waals surface area contributed by atoms with E-state index in [1.165, 1.54) is 6.07 Å². The number of amides is 1. The van der Waals surface area contributed by atoms with Gasteiger partial charge in [0, 0.05) is 19.0 Å². The van der Waals surface area contributed by atoms with Crippen LogP contribution in [0.3, 0.4) is 0 Å². The van der Waals surface area contributed by atoms with Crippen molar-refractivity contribution in [3.8, 4) is 0 Å². The molecule has 0 saturated carbocycles. The van der Waals surface area contributed by atoms with Crippen LogP contribution in [0.4, 0.5) is 15.8 Å². The van der Waals surface area contributed by atoms with Gasteiger partial charge in [0.25, 0.3) is 0 Å². The molecule has 2 rings (SSSR count). The number of nitrogen functional groups attached to an aromatic ring is 1. The van der Waals surface area contributed by atoms with E-state index in [0.29, 0.717) is 18.7 Å². The Kier molecular flexibility index (Phi) is 2.94. The molecule has 1 aliphatic heterocycles. The van der Waals surface area contributed by atoms with Crippen LogP contribution < -0.4 is 16.4 Å². The lowest BCUT2D eigenvalue weighted by Crippen LogP contribution is -2.42. The van der Waals surface area contributed by atoms with Gasteiger partial charge in [-0.25, -0.2) is 4.39 Å². The predicted molar refractivity (Wildman–Crippen MR) is 60.5 cm³/mol. The van der Waals surface area contributed by atoms with Crippen molar-refractivity contribution in [1.29, 1.82) is 0 Å². The van der Waals surface area contributed by atoms with Crippen LogP contribution in [0.25, 0.3) is 0 Å². The lowest BCUT2D eigenvalue weighted by Gasteiger charge is -2.25. The number of piperidine rings is 1. The Morgan fingerprint density at radius 3 is 3.00 bits per heavy atom. The van der Waals surface area contributed by atoms with Crippen LogP contribution in [0, 0.1) is 5.82 Å². The first-order chi connectivity index (χ1) is 7.66. The van der Waals surface area contributed by atoms with Crippen LogP contribution in [0.2, 0.25) is 0 Å². The standard InChI is InChI=1S/C11H14FN3O/c12-8-2-1-3-9(11(8)13)15-7-4-5-10(16)14-6-7/h1-3,7,15H,4-6,13H2,(H,14,16). The van der Waals surface area contributed by atoms with Crippen LogP contribution in [0.5, 0.6) is 0 Å². The average molecular weight is 223 g/mol. The zero-order valence-electron chi connectivity index (χ0n) is 8.79. The van der Waals surface area contributed by atoms with Crippen molar-refractivity contribution >= 4 is 17.3 Å². The summed E-state index contributed by atoms with van der Waals surface area (Å²) in [6.45, 7) is 0.550. The van der Waals surface area contributed by atoms with Crippen molar-refractivity contribution in [3.05, 3.63) is 24.0 Å². The minimum atomic E-state index is -0.426. The third kappa shape index (κ3) is 2.24. The first-order valence-corrected chi connectivity index (χ1v) is 5.24. The van der Waals surface area contributed by atoms with Crippen molar-refractivity contribution in [1.82, 2.24) is 5.32 Å². The molecule has 1 amide bonds. The number of hydrogen-bond donors (Lipinski definition) is 3. The molecule has 0 spiro atoms. The van der Waals surface area contributed by atoms with Crippen LogP contribution in [0.1, 0.15) is 12.8 Å². The first-order valence-electron chi connectivity index (χ1n) is 5.24. The fourth-order valence-electron chi connectivity index (χ4n) is 1.74. The summed E-state index contributed by atoms with van der Waals surface area (Å²) in [6, 6.07) is 4.77. The number of rotatable bonds is 2. The van der Waals surface area contributed by atoms with Gasteiger partial charge in [-0.3, -0.25) is 4.79 Å². The topological polar surface area (TPSA) is 67.1 Å². The molecule has 0 radical (unpaired) electrons. The SMILES string of the molecule is Nc1c(F)cccc1NC1CCC(=O)NC1. The Labute approximate surface area is 93.0 Å². The molecule has 4 nitrogen and oxygen atoms in total. The summed E-state index contributed by atoms with van der Waals surface area (Å²) in [5.74, 6) is -0.366. The molecule has 86 valence electrons. The van der Waals surface area contributed by atoms with Crippen LogP contribution in [-0.4, -0.2) is 18.5 Å². The van der Waals surface area contributed by atoms with Crippen molar-refractivity contribution in [2.75, 3.05) is 17.6 Å². The van der Waals surface area contributed by atoms with E-state index in [0.717, 1.165) is 6.42 Å². The molecule has 1 aromatic carbocycles. The number of para-hydroxylation sites is 1. The number of anilines is 2. The molecule has 16 heavy (non-hydrogen) atoms. The van der Waals surface area contributed by atoms with Gasteiger partial charge in [0.2, 0.25) is 5.91 Å². The second-order valence-corrected chi connectivity index (χ2v) is 3.89. The largest absolute Gasteiger partial charge is 0.395 e. The maximum atomic E-state index is 13.2. The normalized spacial score (nSPS) is 20.3. The number of carbonyl (C=O) groups is 1. The summed E-state index contributed by atoms with van der Waals surface area (Å²) in [4.78, 5) is 11.0. The summed E-state index contributed by atoms with van der Waals surface area (Å²) in [7, 11) is 0. The van der Waals surface area contributed by atoms with Crippen molar-refractivity contribution in [2.45, 2.75) is 18.9 Å². The zero-order valence-corrected chi connectivity index (χ0v) is 8.79.